The highest BCUT2D eigenvalue weighted by molar-refractivity contribution is 8.04. The summed E-state index contributed by atoms with van der Waals surface area (Å²) in [6, 6.07) is 8.53. The molecule has 0 unspecified atom stereocenters. The molecule has 2 heterocycles. The number of benzene rings is 1. The molecular formula is C27H47NS. The number of nitrogens with one attached hydrogen (secondary N) is 1. The van der Waals surface area contributed by atoms with E-state index in [9.17, 15) is 0 Å². The number of anilines is 1. The maximum absolute atomic E-state index is 3.36. The number of aryl methyl sites for hydroxylation is 1. The largest absolute Gasteiger partial charge is 0.385 e. The van der Waals surface area contributed by atoms with Crippen LogP contribution in [0.3, 0.4) is 0 Å². The number of hydrogen-bond donors (Lipinski definition) is 1. The van der Waals surface area contributed by atoms with Gasteiger partial charge >= 0.3 is 0 Å². The highest BCUT2D eigenvalue weighted by atomic mass is 32.2. The molecule has 0 aromatic heterocycles. The molecule has 0 atom stereocenters. The molecule has 2 heteroatoms. The molecule has 4 rings (SSSR count). The van der Waals surface area contributed by atoms with Crippen molar-refractivity contribution in [2.24, 2.45) is 11.8 Å². The fraction of sp³-hybridized carbons (Fsp3) is 0.556. The van der Waals surface area contributed by atoms with Crippen molar-refractivity contribution in [3.05, 3.63) is 65.1 Å². The Hall–Kier alpha value is -1.41. The van der Waals surface area contributed by atoms with Crippen LogP contribution in [0.25, 0.3) is 0 Å². The van der Waals surface area contributed by atoms with Gasteiger partial charge in [0, 0.05) is 18.0 Å². The lowest BCUT2D eigenvalue weighted by molar-refractivity contribution is 0.737. The van der Waals surface area contributed by atoms with Gasteiger partial charge in [0.05, 0.1) is 0 Å². The highest BCUT2D eigenvalue weighted by Crippen LogP contribution is 2.23. The van der Waals surface area contributed by atoms with Crippen molar-refractivity contribution in [2.75, 3.05) is 17.6 Å². The second-order valence-electron chi connectivity index (χ2n) is 7.17. The third-order valence-corrected chi connectivity index (χ3v) is 4.53. The van der Waals surface area contributed by atoms with Crippen LogP contribution in [-0.4, -0.2) is 12.3 Å². The van der Waals surface area contributed by atoms with Crippen LogP contribution >= 0.6 is 11.8 Å². The molecular weight excluding hydrogens is 370 g/mol. The Kier molecular flexibility index (Phi) is 21.9. The maximum Gasteiger partial charge on any atom is 0.0372 e. The first-order valence-corrected chi connectivity index (χ1v) is 12.4. The molecule has 0 bridgehead atoms. The first-order valence-electron chi connectivity index (χ1n) is 11.5. The molecule has 0 fully saturated rings. The van der Waals surface area contributed by atoms with E-state index in [1.165, 1.54) is 34.8 Å². The summed E-state index contributed by atoms with van der Waals surface area (Å²) in [5, 5.41) is 3.36. The van der Waals surface area contributed by atoms with E-state index in [4.69, 9.17) is 0 Å². The van der Waals surface area contributed by atoms with Gasteiger partial charge in [0.1, 0.15) is 0 Å². The number of hydrogen-bond acceptors (Lipinski definition) is 2. The second kappa shape index (κ2) is 21.3. The van der Waals surface area contributed by atoms with E-state index in [1.54, 1.807) is 0 Å². The zero-order valence-corrected chi connectivity index (χ0v) is 21.4. The Bertz CT molecular complexity index is 530. The lowest BCUT2D eigenvalue weighted by atomic mass is 10.0. The van der Waals surface area contributed by atoms with Crippen molar-refractivity contribution in [3.63, 3.8) is 0 Å². The smallest absolute Gasteiger partial charge is 0.0372 e. The zero-order chi connectivity index (χ0) is 22.5. The Morgan fingerprint density at radius 3 is 1.79 bits per heavy atom. The summed E-state index contributed by atoms with van der Waals surface area (Å²) in [7, 11) is 0. The maximum atomic E-state index is 3.36. The summed E-state index contributed by atoms with van der Waals surface area (Å²) in [6.45, 7) is 19.9. The van der Waals surface area contributed by atoms with Gasteiger partial charge in [-0.2, -0.15) is 0 Å². The Morgan fingerprint density at radius 1 is 0.966 bits per heavy atom. The molecule has 1 aromatic rings. The fourth-order valence-electron chi connectivity index (χ4n) is 2.21. The number of para-hydroxylation sites is 1. The zero-order valence-electron chi connectivity index (χ0n) is 20.6. The summed E-state index contributed by atoms with van der Waals surface area (Å²) in [6.07, 6.45) is 13.2. The minimum absolute atomic E-state index is 0.685. The van der Waals surface area contributed by atoms with Crippen LogP contribution in [0.1, 0.15) is 74.3 Å². The molecule has 166 valence electrons. The lowest BCUT2D eigenvalue weighted by Gasteiger charge is -2.16. The average Bonchev–Trinajstić information content (AvgIpc) is 3.21. The monoisotopic (exact) mass is 417 g/mol. The van der Waals surface area contributed by atoms with E-state index >= 15 is 0 Å². The van der Waals surface area contributed by atoms with Gasteiger partial charge < -0.3 is 5.32 Å². The normalized spacial score (nSPS) is 14.8. The van der Waals surface area contributed by atoms with Gasteiger partial charge in [-0.1, -0.05) is 104 Å². The van der Waals surface area contributed by atoms with Gasteiger partial charge in [-0.3, -0.25) is 0 Å². The molecule has 3 aliphatic rings. The number of allylic oxidation sites excluding steroid dienone is 5. The van der Waals surface area contributed by atoms with Gasteiger partial charge in [0.2, 0.25) is 0 Å². The van der Waals surface area contributed by atoms with Crippen molar-refractivity contribution < 1.29 is 0 Å². The van der Waals surface area contributed by atoms with Crippen LogP contribution in [0.2, 0.25) is 0 Å². The average molecular weight is 418 g/mol. The first-order chi connectivity index (χ1) is 14.0. The fourth-order valence-corrected chi connectivity index (χ4v) is 2.71. The molecule has 0 radical (unpaired) electrons. The molecule has 1 N–H and O–H groups in total. The summed E-state index contributed by atoms with van der Waals surface area (Å²) in [5.41, 5.74) is 2.79. The predicted molar refractivity (Wildman–Crippen MR) is 140 cm³/mol. The molecule has 29 heavy (non-hydrogen) atoms. The summed E-state index contributed by atoms with van der Waals surface area (Å²) < 4.78 is 0. The van der Waals surface area contributed by atoms with Gasteiger partial charge in [-0.25, -0.2) is 0 Å². The molecule has 0 spiro atoms. The SMILES string of the molecule is CC.CC.CC(C)C.CC1=CCS1.CC1C=CC=C1.c1ccc2c(c1)CCCN2. The van der Waals surface area contributed by atoms with Gasteiger partial charge in [-0.15, -0.1) is 11.8 Å². The van der Waals surface area contributed by atoms with E-state index in [1.807, 2.05) is 39.5 Å². The van der Waals surface area contributed by atoms with Crippen molar-refractivity contribution in [1.29, 1.82) is 0 Å². The van der Waals surface area contributed by atoms with Crippen LogP contribution in [-0.2, 0) is 6.42 Å². The minimum Gasteiger partial charge on any atom is -0.385 e. The van der Waals surface area contributed by atoms with Crippen molar-refractivity contribution in [2.45, 2.75) is 75.2 Å². The summed E-state index contributed by atoms with van der Waals surface area (Å²) >= 11 is 1.92. The molecule has 1 aliphatic carbocycles. The number of thioether (sulfide) groups is 1. The number of fused-ring (bicyclic) bond motifs is 1. The van der Waals surface area contributed by atoms with Crippen LogP contribution < -0.4 is 5.32 Å². The standard InChI is InChI=1S/C9H11N.C6H8.C4H6S.C4H10.2C2H6/c1-2-6-9-8(4-1)5-3-7-10-9;1-6-4-2-3-5-6;1-4-2-3-5-4;1-4(2)3;2*1-2/h1-2,4,6,10H,3,5,7H2;2-6H,1H3;2H,3H2,1H3;4H,1-3H3;2*1-2H3. The second-order valence-corrected chi connectivity index (χ2v) is 8.44. The topological polar surface area (TPSA) is 12.0 Å². The Morgan fingerprint density at radius 2 is 1.45 bits per heavy atom. The quantitative estimate of drug-likeness (QED) is 0.451. The van der Waals surface area contributed by atoms with Crippen molar-refractivity contribution in [3.8, 4) is 0 Å². The molecule has 1 aromatic carbocycles. The minimum atomic E-state index is 0.685. The van der Waals surface area contributed by atoms with Crippen molar-refractivity contribution >= 4 is 17.4 Å². The van der Waals surface area contributed by atoms with Crippen LogP contribution in [0.15, 0.2) is 59.6 Å². The van der Waals surface area contributed by atoms with E-state index in [0.29, 0.717) is 5.92 Å². The van der Waals surface area contributed by atoms with E-state index in [0.717, 1.165) is 12.5 Å². The van der Waals surface area contributed by atoms with Crippen LogP contribution in [0.5, 0.6) is 0 Å². The molecule has 0 saturated heterocycles. The number of rotatable bonds is 0. The van der Waals surface area contributed by atoms with Crippen LogP contribution in [0.4, 0.5) is 5.69 Å². The van der Waals surface area contributed by atoms with E-state index < -0.39 is 0 Å². The third kappa shape index (κ3) is 18.4. The van der Waals surface area contributed by atoms with Gasteiger partial charge in [-0.05, 0) is 48.1 Å². The van der Waals surface area contributed by atoms with Gasteiger partial charge in [0.15, 0.2) is 0 Å². The van der Waals surface area contributed by atoms with E-state index in [2.05, 4.69) is 94.6 Å². The van der Waals surface area contributed by atoms with Gasteiger partial charge in [0.25, 0.3) is 0 Å². The molecule has 0 amide bonds. The lowest BCUT2D eigenvalue weighted by Crippen LogP contribution is -2.10. The highest BCUT2D eigenvalue weighted by Gasteiger charge is 2.04. The summed E-state index contributed by atoms with van der Waals surface area (Å²) in [5.74, 6) is 2.76. The first kappa shape index (κ1) is 29.8. The van der Waals surface area contributed by atoms with E-state index in [-0.39, 0.29) is 0 Å². The predicted octanol–water partition coefficient (Wildman–Crippen LogP) is 9.14. The molecule has 1 nitrogen and oxygen atoms in total. The summed E-state index contributed by atoms with van der Waals surface area (Å²) in [4.78, 5) is 1.48. The van der Waals surface area contributed by atoms with Crippen LogP contribution in [0, 0.1) is 11.8 Å². The molecule has 2 aliphatic heterocycles. The Balaban J connectivity index is 0. The van der Waals surface area contributed by atoms with Crippen molar-refractivity contribution in [1.82, 2.24) is 0 Å². The molecule has 0 saturated carbocycles. The third-order valence-electron chi connectivity index (χ3n) is 3.58. The Labute approximate surface area is 187 Å².